The highest BCUT2D eigenvalue weighted by Gasteiger charge is 2.26. The van der Waals surface area contributed by atoms with Gasteiger partial charge in [-0.3, -0.25) is 9.59 Å². The van der Waals surface area contributed by atoms with Gasteiger partial charge in [0.05, 0.1) is 17.0 Å². The van der Waals surface area contributed by atoms with E-state index in [-0.39, 0.29) is 17.3 Å². The third-order valence-electron chi connectivity index (χ3n) is 3.86. The number of piperidine rings is 1. The van der Waals surface area contributed by atoms with Crippen LogP contribution >= 0.6 is 11.8 Å². The predicted octanol–water partition coefficient (Wildman–Crippen LogP) is 1.24. The van der Waals surface area contributed by atoms with E-state index >= 15 is 0 Å². The molecule has 0 aliphatic carbocycles. The third-order valence-corrected chi connectivity index (χ3v) is 4.80. The van der Waals surface area contributed by atoms with Crippen molar-refractivity contribution >= 4 is 34.7 Å². The lowest BCUT2D eigenvalue weighted by Crippen LogP contribution is -2.45. The number of ketones is 1. The van der Waals surface area contributed by atoms with E-state index in [2.05, 4.69) is 20.2 Å². The fourth-order valence-electron chi connectivity index (χ4n) is 2.67. The van der Waals surface area contributed by atoms with E-state index in [0.717, 1.165) is 37.7 Å². The number of hydrogen-bond donors (Lipinski definition) is 1. The molecule has 0 aromatic carbocycles. The summed E-state index contributed by atoms with van der Waals surface area (Å²) in [5, 5.41) is 3.19. The standard InChI is InChI=1S/C15H18N4O2S/c1-16-11-3-2-6-19(9-11)15-17-5-4-10(18-15)7-13-12(20)8-14(21)22-13/h4-5,7,11,16H,2-3,6,8-9H2,1H3/b13-7-. The Bertz CT molecular complexity index is 632. The van der Waals surface area contributed by atoms with E-state index in [1.807, 2.05) is 7.05 Å². The number of carbonyl (C=O) groups excluding carboxylic acids is 2. The highest BCUT2D eigenvalue weighted by Crippen LogP contribution is 2.30. The van der Waals surface area contributed by atoms with Gasteiger partial charge in [-0.15, -0.1) is 0 Å². The number of likely N-dealkylation sites (N-methyl/N-ethyl adjacent to an activating group) is 1. The average molecular weight is 318 g/mol. The van der Waals surface area contributed by atoms with Crippen LogP contribution in [0.15, 0.2) is 17.2 Å². The monoisotopic (exact) mass is 318 g/mol. The van der Waals surface area contributed by atoms with Crippen LogP contribution in [0.25, 0.3) is 6.08 Å². The maximum absolute atomic E-state index is 11.7. The SMILES string of the molecule is CNC1CCCN(c2nccc(/C=C3\SC(=O)CC3=O)n2)C1. The van der Waals surface area contributed by atoms with Gasteiger partial charge in [0.1, 0.15) is 0 Å². The molecular formula is C15H18N4O2S. The summed E-state index contributed by atoms with van der Waals surface area (Å²) in [5.41, 5.74) is 0.669. The number of Topliss-reactive ketones (excluding diaryl/α,β-unsaturated/α-hetero) is 1. The van der Waals surface area contributed by atoms with E-state index < -0.39 is 0 Å². The van der Waals surface area contributed by atoms with Gasteiger partial charge >= 0.3 is 0 Å². The molecule has 3 heterocycles. The Morgan fingerprint density at radius 1 is 1.45 bits per heavy atom. The number of nitrogens with zero attached hydrogens (tertiary/aromatic N) is 3. The molecule has 1 atom stereocenters. The van der Waals surface area contributed by atoms with Crippen LogP contribution in [0.2, 0.25) is 0 Å². The minimum Gasteiger partial charge on any atom is -0.339 e. The lowest BCUT2D eigenvalue weighted by molar-refractivity contribution is -0.119. The van der Waals surface area contributed by atoms with Gasteiger partial charge < -0.3 is 10.2 Å². The molecule has 3 rings (SSSR count). The zero-order chi connectivity index (χ0) is 15.5. The molecule has 1 aromatic heterocycles. The maximum Gasteiger partial charge on any atom is 0.225 e. The Balaban J connectivity index is 1.79. The smallest absolute Gasteiger partial charge is 0.225 e. The molecule has 7 heteroatoms. The number of thioether (sulfide) groups is 1. The molecule has 0 radical (unpaired) electrons. The first-order chi connectivity index (χ1) is 10.7. The lowest BCUT2D eigenvalue weighted by Gasteiger charge is -2.32. The zero-order valence-corrected chi connectivity index (χ0v) is 13.2. The van der Waals surface area contributed by atoms with Gasteiger partial charge in [0.15, 0.2) is 5.78 Å². The number of aromatic nitrogens is 2. The van der Waals surface area contributed by atoms with Crippen molar-refractivity contribution in [2.24, 2.45) is 0 Å². The summed E-state index contributed by atoms with van der Waals surface area (Å²) in [6, 6.07) is 2.20. The van der Waals surface area contributed by atoms with Crippen molar-refractivity contribution < 1.29 is 9.59 Å². The number of rotatable bonds is 3. The zero-order valence-electron chi connectivity index (χ0n) is 12.4. The second-order valence-electron chi connectivity index (χ2n) is 5.44. The predicted molar refractivity (Wildman–Crippen MR) is 86.5 cm³/mol. The fourth-order valence-corrected chi connectivity index (χ4v) is 3.48. The van der Waals surface area contributed by atoms with Crippen LogP contribution in [0.1, 0.15) is 25.0 Å². The van der Waals surface area contributed by atoms with Crippen LogP contribution in [0.4, 0.5) is 5.95 Å². The second kappa shape index (κ2) is 6.58. The summed E-state index contributed by atoms with van der Waals surface area (Å²) in [7, 11) is 1.97. The van der Waals surface area contributed by atoms with Crippen LogP contribution in [0.3, 0.4) is 0 Å². The van der Waals surface area contributed by atoms with Crippen molar-refractivity contribution in [3.05, 3.63) is 22.9 Å². The number of hydrogen-bond acceptors (Lipinski definition) is 7. The Morgan fingerprint density at radius 3 is 3.05 bits per heavy atom. The van der Waals surface area contributed by atoms with E-state index in [0.29, 0.717) is 22.6 Å². The highest BCUT2D eigenvalue weighted by atomic mass is 32.2. The summed E-state index contributed by atoms with van der Waals surface area (Å²) in [6.45, 7) is 1.81. The van der Waals surface area contributed by atoms with Crippen molar-refractivity contribution in [2.75, 3.05) is 25.0 Å². The maximum atomic E-state index is 11.7. The number of carbonyl (C=O) groups is 2. The van der Waals surface area contributed by atoms with Gasteiger partial charge in [0.25, 0.3) is 0 Å². The third kappa shape index (κ3) is 3.36. The molecule has 0 saturated carbocycles. The average Bonchev–Trinajstić information content (AvgIpc) is 2.85. The first-order valence-corrected chi connectivity index (χ1v) is 8.18. The highest BCUT2D eigenvalue weighted by molar-refractivity contribution is 8.18. The minimum absolute atomic E-state index is 0.00951. The summed E-state index contributed by atoms with van der Waals surface area (Å²) in [4.78, 5) is 34.5. The van der Waals surface area contributed by atoms with Gasteiger partial charge in [-0.2, -0.15) is 0 Å². The van der Waals surface area contributed by atoms with E-state index in [1.165, 1.54) is 0 Å². The summed E-state index contributed by atoms with van der Waals surface area (Å²) >= 11 is 1.00. The number of anilines is 1. The van der Waals surface area contributed by atoms with Crippen LogP contribution in [-0.2, 0) is 9.59 Å². The molecule has 0 spiro atoms. The van der Waals surface area contributed by atoms with Crippen molar-refractivity contribution in [1.82, 2.24) is 15.3 Å². The van der Waals surface area contributed by atoms with Gasteiger partial charge in [-0.1, -0.05) is 0 Å². The first kappa shape index (κ1) is 15.2. The molecule has 116 valence electrons. The Morgan fingerprint density at radius 2 is 2.32 bits per heavy atom. The summed E-state index contributed by atoms with van der Waals surface area (Å²) < 4.78 is 0. The molecule has 2 saturated heterocycles. The number of nitrogens with one attached hydrogen (secondary N) is 1. The second-order valence-corrected chi connectivity index (χ2v) is 6.54. The normalized spacial score (nSPS) is 24.3. The fraction of sp³-hybridized carbons (Fsp3) is 0.467. The first-order valence-electron chi connectivity index (χ1n) is 7.36. The van der Waals surface area contributed by atoms with E-state index in [9.17, 15) is 9.59 Å². The van der Waals surface area contributed by atoms with Crippen LogP contribution in [0.5, 0.6) is 0 Å². The van der Waals surface area contributed by atoms with Crippen molar-refractivity contribution in [2.45, 2.75) is 25.3 Å². The molecule has 1 N–H and O–H groups in total. The molecule has 2 fully saturated rings. The van der Waals surface area contributed by atoms with Crippen LogP contribution in [-0.4, -0.2) is 47.0 Å². The molecule has 2 aliphatic rings. The van der Waals surface area contributed by atoms with E-state index in [4.69, 9.17) is 0 Å². The molecule has 0 amide bonds. The van der Waals surface area contributed by atoms with Gasteiger partial charge in [0.2, 0.25) is 11.1 Å². The molecule has 1 unspecified atom stereocenters. The largest absolute Gasteiger partial charge is 0.339 e. The van der Waals surface area contributed by atoms with Crippen molar-refractivity contribution in [3.8, 4) is 0 Å². The Hall–Kier alpha value is -1.73. The molecule has 1 aromatic rings. The van der Waals surface area contributed by atoms with Gasteiger partial charge in [-0.25, -0.2) is 9.97 Å². The molecule has 2 aliphatic heterocycles. The quantitative estimate of drug-likeness (QED) is 0.664. The van der Waals surface area contributed by atoms with E-state index in [1.54, 1.807) is 18.3 Å². The van der Waals surface area contributed by atoms with Crippen molar-refractivity contribution in [1.29, 1.82) is 0 Å². The Labute approximate surface area is 133 Å². The topological polar surface area (TPSA) is 75.2 Å². The molecular weight excluding hydrogens is 300 g/mol. The molecule has 0 bridgehead atoms. The minimum atomic E-state index is -0.122. The molecule has 6 nitrogen and oxygen atoms in total. The van der Waals surface area contributed by atoms with Crippen molar-refractivity contribution in [3.63, 3.8) is 0 Å². The van der Waals surface area contributed by atoms with Gasteiger partial charge in [-0.05, 0) is 43.8 Å². The summed E-state index contributed by atoms with van der Waals surface area (Å²) in [5.74, 6) is 0.555. The lowest BCUT2D eigenvalue weighted by atomic mass is 10.1. The summed E-state index contributed by atoms with van der Waals surface area (Å²) in [6.07, 6.45) is 5.63. The number of allylic oxidation sites excluding steroid dienone is 1. The van der Waals surface area contributed by atoms with Gasteiger partial charge in [0, 0.05) is 25.3 Å². The Kier molecular flexibility index (Phi) is 4.54. The van der Waals surface area contributed by atoms with Crippen LogP contribution < -0.4 is 10.2 Å². The van der Waals surface area contributed by atoms with Crippen LogP contribution in [0, 0.1) is 0 Å². The molecule has 22 heavy (non-hydrogen) atoms.